The van der Waals surface area contributed by atoms with Crippen LogP contribution in [0.3, 0.4) is 0 Å². The van der Waals surface area contributed by atoms with Crippen molar-refractivity contribution in [3.05, 3.63) is 51.2 Å². The molecule has 0 aliphatic heterocycles. The van der Waals surface area contributed by atoms with E-state index in [1.807, 2.05) is 0 Å². The van der Waals surface area contributed by atoms with Gasteiger partial charge < -0.3 is 19.9 Å². The van der Waals surface area contributed by atoms with E-state index >= 15 is 0 Å². The Morgan fingerprint density at radius 1 is 1.33 bits per heavy atom. The molecule has 3 rings (SSSR count). The molecule has 0 spiro atoms. The maximum absolute atomic E-state index is 12.4. The first-order chi connectivity index (χ1) is 15.8. The number of halogens is 3. The number of aromatic nitrogens is 3. The van der Waals surface area contributed by atoms with Crippen LogP contribution in [0, 0.1) is 4.77 Å². The summed E-state index contributed by atoms with van der Waals surface area (Å²) < 4.78 is 42.3. The maximum atomic E-state index is 12.4. The topological polar surface area (TPSA) is 117 Å². The molecule has 9 nitrogen and oxygen atoms in total. The van der Waals surface area contributed by atoms with Gasteiger partial charge in [0, 0.05) is 5.56 Å². The number of amides is 1. The molecule has 0 unspecified atom stereocenters. The third-order valence-electron chi connectivity index (χ3n) is 4.00. The zero-order valence-corrected chi connectivity index (χ0v) is 19.5. The minimum atomic E-state index is -2.91. The number of H-pyrrole nitrogens is 1. The van der Waals surface area contributed by atoms with Gasteiger partial charge in [0.15, 0.2) is 23.9 Å². The average Bonchev–Trinajstić information content (AvgIpc) is 3.12. The zero-order valence-electron chi connectivity index (χ0n) is 17.1. The molecule has 0 saturated heterocycles. The van der Waals surface area contributed by atoms with Crippen molar-refractivity contribution in [2.24, 2.45) is 10.8 Å². The summed E-state index contributed by atoms with van der Waals surface area (Å²) in [4.78, 5) is 11.1. The first-order valence-electron chi connectivity index (χ1n) is 9.43. The third kappa shape index (κ3) is 6.35. The highest BCUT2D eigenvalue weighted by Gasteiger charge is 2.14. The summed E-state index contributed by atoms with van der Waals surface area (Å²) >= 11 is 8.65. The second-order valence-electron chi connectivity index (χ2n) is 6.33. The van der Waals surface area contributed by atoms with Crippen LogP contribution in [0.1, 0.15) is 12.5 Å². The molecule has 0 fully saturated rings. The summed E-state index contributed by atoms with van der Waals surface area (Å²) in [5.41, 5.74) is 6.36. The van der Waals surface area contributed by atoms with E-state index in [-0.39, 0.29) is 17.1 Å². The van der Waals surface area contributed by atoms with Gasteiger partial charge >= 0.3 is 6.61 Å². The van der Waals surface area contributed by atoms with Gasteiger partial charge in [0.1, 0.15) is 5.75 Å². The predicted molar refractivity (Wildman–Crippen MR) is 122 cm³/mol. The van der Waals surface area contributed by atoms with Crippen LogP contribution in [-0.2, 0) is 4.79 Å². The van der Waals surface area contributed by atoms with Crippen molar-refractivity contribution in [3.63, 3.8) is 0 Å². The number of carbonyl (C=O) groups excluding carboxylic acids is 1. The molecule has 1 aromatic heterocycles. The number of hydrogen-bond donors (Lipinski definition) is 2. The van der Waals surface area contributed by atoms with E-state index < -0.39 is 12.5 Å². The Labute approximate surface area is 200 Å². The second kappa shape index (κ2) is 11.0. The molecule has 0 bridgehead atoms. The fourth-order valence-corrected chi connectivity index (χ4v) is 3.46. The standard InChI is InChI=1S/C20H18BrF2N5O4S/c1-2-30-15-8-11(7-14(21)17(15)31-10-16(24)29)9-25-28-18(26-27-20(28)33)12-3-5-13(6-4-12)32-19(22)23/h3-9,19H,2,10H2,1H3,(H2,24,29)(H,27,33). The highest BCUT2D eigenvalue weighted by atomic mass is 79.9. The number of hydrogen-bond acceptors (Lipinski definition) is 7. The van der Waals surface area contributed by atoms with Crippen LogP contribution in [0.4, 0.5) is 8.78 Å². The minimum absolute atomic E-state index is 0.0184. The molecule has 3 N–H and O–H groups in total. The van der Waals surface area contributed by atoms with Gasteiger partial charge in [-0.15, -0.1) is 0 Å². The largest absolute Gasteiger partial charge is 0.490 e. The van der Waals surface area contributed by atoms with Crippen molar-refractivity contribution in [2.45, 2.75) is 13.5 Å². The number of benzene rings is 2. The third-order valence-corrected chi connectivity index (χ3v) is 4.85. The molecule has 1 amide bonds. The summed E-state index contributed by atoms with van der Waals surface area (Å²) in [5, 5.41) is 11.2. The van der Waals surface area contributed by atoms with Gasteiger partial charge in [-0.2, -0.15) is 23.7 Å². The number of carbonyl (C=O) groups is 1. The number of nitrogens with two attached hydrogens (primary N) is 1. The second-order valence-corrected chi connectivity index (χ2v) is 7.57. The number of alkyl halides is 2. The number of aromatic amines is 1. The smallest absolute Gasteiger partial charge is 0.387 e. The lowest BCUT2D eigenvalue weighted by molar-refractivity contribution is -0.120. The highest BCUT2D eigenvalue weighted by Crippen LogP contribution is 2.36. The molecule has 0 aliphatic carbocycles. The van der Waals surface area contributed by atoms with Crippen molar-refractivity contribution in [3.8, 4) is 28.6 Å². The van der Waals surface area contributed by atoms with Crippen molar-refractivity contribution < 1.29 is 27.8 Å². The van der Waals surface area contributed by atoms with Crippen LogP contribution >= 0.6 is 28.1 Å². The monoisotopic (exact) mass is 541 g/mol. The van der Waals surface area contributed by atoms with Gasteiger partial charge in [-0.3, -0.25) is 4.79 Å². The van der Waals surface area contributed by atoms with E-state index in [4.69, 9.17) is 27.4 Å². The van der Waals surface area contributed by atoms with E-state index in [0.717, 1.165) is 0 Å². The fourth-order valence-electron chi connectivity index (χ4n) is 2.70. The Kier molecular flexibility index (Phi) is 8.11. The van der Waals surface area contributed by atoms with Gasteiger partial charge in [0.25, 0.3) is 5.91 Å². The molecule has 0 saturated carbocycles. The Morgan fingerprint density at radius 2 is 2.06 bits per heavy atom. The van der Waals surface area contributed by atoms with Gasteiger partial charge in [0.2, 0.25) is 4.77 Å². The quantitative estimate of drug-likeness (QED) is 0.294. The lowest BCUT2D eigenvalue weighted by Gasteiger charge is -2.13. The highest BCUT2D eigenvalue weighted by molar-refractivity contribution is 9.10. The SMILES string of the molecule is CCOc1cc(C=Nn2c(-c3ccc(OC(F)F)cc3)n[nH]c2=S)cc(Br)c1OCC(N)=O. The average molecular weight is 542 g/mol. The van der Waals surface area contributed by atoms with Gasteiger partial charge in [0.05, 0.1) is 17.3 Å². The van der Waals surface area contributed by atoms with E-state index in [2.05, 4.69) is 36.0 Å². The van der Waals surface area contributed by atoms with Crippen LogP contribution < -0.4 is 19.9 Å². The normalized spacial score (nSPS) is 11.2. The van der Waals surface area contributed by atoms with E-state index in [9.17, 15) is 13.6 Å². The Balaban J connectivity index is 1.90. The van der Waals surface area contributed by atoms with Crippen molar-refractivity contribution in [1.29, 1.82) is 0 Å². The maximum Gasteiger partial charge on any atom is 0.387 e. The Bertz CT molecular complexity index is 1210. The van der Waals surface area contributed by atoms with Gasteiger partial charge in [-0.25, -0.2) is 5.10 Å². The number of nitrogens with zero attached hydrogens (tertiary/aromatic N) is 3. The van der Waals surface area contributed by atoms with E-state index in [1.54, 1.807) is 31.2 Å². The van der Waals surface area contributed by atoms with E-state index in [1.165, 1.54) is 23.0 Å². The lowest BCUT2D eigenvalue weighted by atomic mass is 10.2. The molecule has 33 heavy (non-hydrogen) atoms. The molecular formula is C20H18BrF2N5O4S. The zero-order chi connectivity index (χ0) is 24.0. The summed E-state index contributed by atoms with van der Waals surface area (Å²) in [6.07, 6.45) is 1.52. The molecule has 2 aromatic carbocycles. The molecule has 3 aromatic rings. The van der Waals surface area contributed by atoms with Gasteiger partial charge in [-0.1, -0.05) is 0 Å². The first-order valence-corrected chi connectivity index (χ1v) is 10.6. The molecule has 1 heterocycles. The molecular weight excluding hydrogens is 524 g/mol. The molecule has 0 atom stereocenters. The number of primary amides is 1. The van der Waals surface area contributed by atoms with E-state index in [0.29, 0.717) is 39.5 Å². The number of ether oxygens (including phenoxy) is 3. The lowest BCUT2D eigenvalue weighted by Crippen LogP contribution is -2.20. The van der Waals surface area contributed by atoms with Crippen LogP contribution in [0.15, 0.2) is 46.0 Å². The number of nitrogens with one attached hydrogen (secondary N) is 1. The van der Waals surface area contributed by atoms with Crippen LogP contribution in [0.5, 0.6) is 17.2 Å². The minimum Gasteiger partial charge on any atom is -0.490 e. The van der Waals surface area contributed by atoms with Crippen molar-refractivity contribution >= 4 is 40.3 Å². The van der Waals surface area contributed by atoms with Gasteiger partial charge in [-0.05, 0) is 77.0 Å². The predicted octanol–water partition coefficient (Wildman–Crippen LogP) is 4.12. The fraction of sp³-hybridized carbons (Fsp3) is 0.200. The van der Waals surface area contributed by atoms with Crippen molar-refractivity contribution in [2.75, 3.05) is 13.2 Å². The number of rotatable bonds is 10. The summed E-state index contributed by atoms with van der Waals surface area (Å²) in [6.45, 7) is -1.05. The molecule has 174 valence electrons. The molecule has 0 radical (unpaired) electrons. The van der Waals surface area contributed by atoms with Crippen molar-refractivity contribution in [1.82, 2.24) is 14.9 Å². The first kappa shape index (κ1) is 24.3. The summed E-state index contributed by atoms with van der Waals surface area (Å²) in [7, 11) is 0. The van der Waals surface area contributed by atoms with Crippen LogP contribution in [0.25, 0.3) is 11.4 Å². The molecule has 13 heteroatoms. The Hall–Kier alpha value is -3.32. The van der Waals surface area contributed by atoms with Crippen LogP contribution in [0.2, 0.25) is 0 Å². The summed E-state index contributed by atoms with van der Waals surface area (Å²) in [6, 6.07) is 9.29. The van der Waals surface area contributed by atoms with Crippen LogP contribution in [-0.4, -0.2) is 46.8 Å². The Morgan fingerprint density at radius 3 is 2.70 bits per heavy atom. The molecule has 0 aliphatic rings. The summed E-state index contributed by atoms with van der Waals surface area (Å²) in [5.74, 6) is 0.487.